The minimum absolute atomic E-state index is 0.125. The molecule has 0 aromatic heterocycles. The molecule has 0 bridgehead atoms. The standard InChI is InChI=1S/C34H23F10NO3/c35-23-13-20(29(46)33(40,41)31(38)39)12-22(15-23)32(17-18-4-2-1-3-5-18,21-7-11-27(37)28(16-21)48-24-8-9-24)45-30(47)19-6-10-26(36)25(14-19)34(42,43)44/h1-7,10-16,24,31H,8-9,17H2,(H,45,47). The van der Waals surface area contributed by atoms with Crippen LogP contribution in [0.2, 0.25) is 0 Å². The maximum absolute atomic E-state index is 15.2. The first-order valence-electron chi connectivity index (χ1n) is 14.2. The number of ketones is 1. The van der Waals surface area contributed by atoms with Gasteiger partial charge in [0, 0.05) is 17.5 Å². The van der Waals surface area contributed by atoms with Crippen LogP contribution in [0.5, 0.6) is 5.75 Å². The quantitative estimate of drug-likeness (QED) is 0.127. The molecule has 4 aromatic carbocycles. The monoisotopic (exact) mass is 683 g/mol. The third kappa shape index (κ3) is 7.16. The maximum Gasteiger partial charge on any atom is 0.419 e. The summed E-state index contributed by atoms with van der Waals surface area (Å²) in [5, 5.41) is 2.48. The lowest BCUT2D eigenvalue weighted by molar-refractivity contribution is -0.140. The number of carbonyl (C=O) groups is 2. The molecule has 5 rings (SSSR count). The van der Waals surface area contributed by atoms with Crippen LogP contribution < -0.4 is 10.1 Å². The van der Waals surface area contributed by atoms with Crippen molar-refractivity contribution in [3.05, 3.63) is 136 Å². The van der Waals surface area contributed by atoms with Crippen LogP contribution >= 0.6 is 0 Å². The molecule has 1 aliphatic carbocycles. The largest absolute Gasteiger partial charge is 0.487 e. The predicted octanol–water partition coefficient (Wildman–Crippen LogP) is 8.66. The SMILES string of the molecule is O=C(NC(Cc1ccccc1)(c1cc(F)cc(C(=O)C(F)(F)C(F)F)c1)c1ccc(F)c(OC2CC2)c1)c1ccc(F)c(C(F)(F)F)c1. The summed E-state index contributed by atoms with van der Waals surface area (Å²) in [6, 6.07) is 13.8. The molecule has 1 fully saturated rings. The number of hydrogen-bond donors (Lipinski definition) is 1. The highest BCUT2D eigenvalue weighted by molar-refractivity contribution is 6.02. The molecule has 4 nitrogen and oxygen atoms in total. The summed E-state index contributed by atoms with van der Waals surface area (Å²) in [4.78, 5) is 26.4. The molecule has 1 amide bonds. The number of amides is 1. The summed E-state index contributed by atoms with van der Waals surface area (Å²) in [6.07, 6.45) is -9.34. The molecule has 1 N–H and O–H groups in total. The van der Waals surface area contributed by atoms with Crippen molar-refractivity contribution in [3.8, 4) is 5.75 Å². The summed E-state index contributed by atoms with van der Waals surface area (Å²) in [7, 11) is 0. The smallest absolute Gasteiger partial charge is 0.419 e. The van der Waals surface area contributed by atoms with E-state index in [4.69, 9.17) is 4.74 Å². The Labute approximate surface area is 266 Å². The van der Waals surface area contributed by atoms with Gasteiger partial charge in [-0.3, -0.25) is 9.59 Å². The molecule has 48 heavy (non-hydrogen) atoms. The first-order valence-corrected chi connectivity index (χ1v) is 14.2. The Hall–Kier alpha value is -4.88. The van der Waals surface area contributed by atoms with Gasteiger partial charge in [0.2, 0.25) is 5.78 Å². The minimum Gasteiger partial charge on any atom is -0.487 e. The molecule has 1 aliphatic rings. The number of Topliss-reactive ketones (excluding diaryl/α,β-unsaturated/α-hetero) is 1. The molecule has 1 atom stereocenters. The van der Waals surface area contributed by atoms with Crippen LogP contribution in [-0.2, 0) is 18.1 Å². The number of hydrogen-bond acceptors (Lipinski definition) is 3. The molecule has 1 unspecified atom stereocenters. The van der Waals surface area contributed by atoms with Gasteiger partial charge in [0.25, 0.3) is 5.91 Å². The number of benzene rings is 4. The number of rotatable bonds is 11. The van der Waals surface area contributed by atoms with Crippen LogP contribution in [0.25, 0.3) is 0 Å². The fourth-order valence-electron chi connectivity index (χ4n) is 5.09. The van der Waals surface area contributed by atoms with E-state index in [0.717, 1.165) is 24.3 Å². The Balaban J connectivity index is 1.77. The first kappa shape index (κ1) is 34.5. The van der Waals surface area contributed by atoms with E-state index in [9.17, 15) is 49.1 Å². The molecule has 14 heteroatoms. The van der Waals surface area contributed by atoms with Crippen molar-refractivity contribution in [1.82, 2.24) is 5.32 Å². The summed E-state index contributed by atoms with van der Waals surface area (Å²) in [6.45, 7) is 0. The molecule has 1 saturated carbocycles. The van der Waals surface area contributed by atoms with E-state index in [2.05, 4.69) is 5.32 Å². The zero-order chi connectivity index (χ0) is 35.0. The average molecular weight is 684 g/mol. The predicted molar refractivity (Wildman–Crippen MR) is 152 cm³/mol. The van der Waals surface area contributed by atoms with Crippen molar-refractivity contribution in [1.29, 1.82) is 0 Å². The van der Waals surface area contributed by atoms with E-state index in [1.165, 1.54) is 12.1 Å². The first-order chi connectivity index (χ1) is 22.5. The van der Waals surface area contributed by atoms with Crippen LogP contribution in [0.3, 0.4) is 0 Å². The van der Waals surface area contributed by atoms with E-state index < -0.39 is 81.9 Å². The Kier molecular flexibility index (Phi) is 9.31. The number of nitrogens with one attached hydrogen (secondary N) is 1. The van der Waals surface area contributed by atoms with Gasteiger partial charge in [-0.2, -0.15) is 22.0 Å². The van der Waals surface area contributed by atoms with E-state index in [0.29, 0.717) is 36.6 Å². The van der Waals surface area contributed by atoms with Gasteiger partial charge in [-0.25, -0.2) is 22.0 Å². The Morgan fingerprint density at radius 2 is 1.44 bits per heavy atom. The Bertz CT molecular complexity index is 1840. The number of halogens is 10. The molecule has 4 aromatic rings. The third-order valence-corrected chi connectivity index (χ3v) is 7.64. The summed E-state index contributed by atoms with van der Waals surface area (Å²) < 4.78 is 145. The summed E-state index contributed by atoms with van der Waals surface area (Å²) in [5.74, 6) is -13.3. The van der Waals surface area contributed by atoms with Gasteiger partial charge in [-0.1, -0.05) is 36.4 Å². The van der Waals surface area contributed by atoms with Crippen molar-refractivity contribution < 1.29 is 58.2 Å². The second kappa shape index (κ2) is 13.0. The topological polar surface area (TPSA) is 55.4 Å². The number of ether oxygens (including phenoxy) is 1. The normalized spacial score (nSPS) is 14.8. The Morgan fingerprint density at radius 3 is 2.06 bits per heavy atom. The molecule has 252 valence electrons. The second-order valence-electron chi connectivity index (χ2n) is 11.2. The lowest BCUT2D eigenvalue weighted by Gasteiger charge is -2.37. The second-order valence-corrected chi connectivity index (χ2v) is 11.2. The van der Waals surface area contributed by atoms with Gasteiger partial charge in [0.05, 0.1) is 17.2 Å². The molecule has 0 aliphatic heterocycles. The van der Waals surface area contributed by atoms with Crippen molar-refractivity contribution in [3.63, 3.8) is 0 Å². The van der Waals surface area contributed by atoms with E-state index in [-0.39, 0.29) is 29.5 Å². The van der Waals surface area contributed by atoms with Crippen molar-refractivity contribution in [2.24, 2.45) is 0 Å². The van der Waals surface area contributed by atoms with Crippen LogP contribution in [0.15, 0.2) is 84.9 Å². The average Bonchev–Trinajstić information content (AvgIpc) is 3.85. The zero-order valence-electron chi connectivity index (χ0n) is 24.4. The van der Waals surface area contributed by atoms with Crippen molar-refractivity contribution in [2.45, 2.75) is 49.4 Å². The van der Waals surface area contributed by atoms with Crippen LogP contribution in [0.4, 0.5) is 43.9 Å². The minimum atomic E-state index is -5.25. The van der Waals surface area contributed by atoms with Gasteiger partial charge < -0.3 is 10.1 Å². The molecule has 0 radical (unpaired) electrons. The number of carbonyl (C=O) groups excluding carboxylic acids is 2. The lowest BCUT2D eigenvalue weighted by Crippen LogP contribution is -2.49. The van der Waals surface area contributed by atoms with Crippen molar-refractivity contribution in [2.75, 3.05) is 0 Å². The van der Waals surface area contributed by atoms with E-state index in [1.807, 2.05) is 0 Å². The van der Waals surface area contributed by atoms with Crippen LogP contribution in [-0.4, -0.2) is 30.1 Å². The summed E-state index contributed by atoms with van der Waals surface area (Å²) in [5.41, 5.74) is -6.28. The molecular weight excluding hydrogens is 660 g/mol. The van der Waals surface area contributed by atoms with E-state index in [1.54, 1.807) is 18.2 Å². The van der Waals surface area contributed by atoms with Gasteiger partial charge in [0.1, 0.15) is 11.6 Å². The van der Waals surface area contributed by atoms with Crippen LogP contribution in [0, 0.1) is 17.5 Å². The Morgan fingerprint density at radius 1 is 0.771 bits per heavy atom. The molecular formula is C34H23F10NO3. The van der Waals surface area contributed by atoms with Gasteiger partial charge in [-0.05, 0) is 78.1 Å². The highest BCUT2D eigenvalue weighted by Crippen LogP contribution is 2.40. The fourth-order valence-corrected chi connectivity index (χ4v) is 5.09. The third-order valence-electron chi connectivity index (χ3n) is 7.64. The fraction of sp³-hybridized carbons (Fsp3) is 0.235. The van der Waals surface area contributed by atoms with E-state index >= 15 is 4.39 Å². The van der Waals surface area contributed by atoms with Crippen molar-refractivity contribution >= 4 is 11.7 Å². The highest BCUT2D eigenvalue weighted by Gasteiger charge is 2.50. The molecule has 0 heterocycles. The molecule has 0 saturated heterocycles. The van der Waals surface area contributed by atoms with Gasteiger partial charge in [-0.15, -0.1) is 0 Å². The highest BCUT2D eigenvalue weighted by atomic mass is 19.4. The van der Waals surface area contributed by atoms with Gasteiger partial charge >= 0.3 is 18.5 Å². The number of alkyl halides is 7. The summed E-state index contributed by atoms with van der Waals surface area (Å²) >= 11 is 0. The van der Waals surface area contributed by atoms with Gasteiger partial charge in [0.15, 0.2) is 11.6 Å². The zero-order valence-corrected chi connectivity index (χ0v) is 24.4. The van der Waals surface area contributed by atoms with Crippen LogP contribution in [0.1, 0.15) is 55.8 Å². The maximum atomic E-state index is 15.2. The molecule has 0 spiro atoms. The lowest BCUT2D eigenvalue weighted by atomic mass is 9.76.